The van der Waals surface area contributed by atoms with E-state index in [1.54, 1.807) is 0 Å². The Bertz CT molecular complexity index is 646. The first-order valence-corrected chi connectivity index (χ1v) is 8.43. The molecule has 1 unspecified atom stereocenters. The molecule has 0 saturated carbocycles. The zero-order chi connectivity index (χ0) is 16.8. The fraction of sp³-hybridized carbons (Fsp3) is 0.526. The minimum Gasteiger partial charge on any atom is -0.396 e. The van der Waals surface area contributed by atoms with E-state index in [-0.39, 0.29) is 12.5 Å². The molecule has 2 rings (SSSR count). The van der Waals surface area contributed by atoms with Gasteiger partial charge in [-0.2, -0.15) is 0 Å². The van der Waals surface area contributed by atoms with Crippen molar-refractivity contribution in [2.24, 2.45) is 11.8 Å². The summed E-state index contributed by atoms with van der Waals surface area (Å²) in [6.07, 6.45) is 4.07. The van der Waals surface area contributed by atoms with Crippen molar-refractivity contribution in [3.8, 4) is 0 Å². The molecule has 1 aromatic heterocycles. The molecule has 1 heterocycles. The van der Waals surface area contributed by atoms with Crippen LogP contribution in [0.15, 0.2) is 24.4 Å². The average Bonchev–Trinajstić information content (AvgIpc) is 2.86. The van der Waals surface area contributed by atoms with Gasteiger partial charge in [0.1, 0.15) is 0 Å². The molecule has 4 nitrogen and oxygen atoms in total. The van der Waals surface area contributed by atoms with Gasteiger partial charge in [0.15, 0.2) is 0 Å². The Kier molecular flexibility index (Phi) is 6.22. The van der Waals surface area contributed by atoms with Crippen molar-refractivity contribution in [1.29, 1.82) is 0 Å². The Morgan fingerprint density at radius 3 is 2.83 bits per heavy atom. The van der Waals surface area contributed by atoms with Gasteiger partial charge in [0.2, 0.25) is 5.91 Å². The number of aromatic amines is 1. The highest BCUT2D eigenvalue weighted by atomic mass is 16.3. The SMILES string of the molecule is Cc1ccc2c(CC(=O)NCC(CCO)CC(C)C)c[nH]c2c1. The summed E-state index contributed by atoms with van der Waals surface area (Å²) in [5.74, 6) is 0.952. The highest BCUT2D eigenvalue weighted by Crippen LogP contribution is 2.20. The maximum absolute atomic E-state index is 12.2. The van der Waals surface area contributed by atoms with Gasteiger partial charge in [-0.05, 0) is 48.8 Å². The Labute approximate surface area is 138 Å². The molecule has 1 atom stereocenters. The third kappa shape index (κ3) is 5.10. The van der Waals surface area contributed by atoms with Crippen LogP contribution in [0.5, 0.6) is 0 Å². The van der Waals surface area contributed by atoms with E-state index in [0.717, 1.165) is 29.3 Å². The van der Waals surface area contributed by atoms with Crippen molar-refractivity contribution in [3.63, 3.8) is 0 Å². The van der Waals surface area contributed by atoms with E-state index in [0.29, 0.717) is 24.8 Å². The summed E-state index contributed by atoms with van der Waals surface area (Å²) in [6.45, 7) is 7.21. The lowest BCUT2D eigenvalue weighted by Crippen LogP contribution is -2.31. The number of hydrogen-bond acceptors (Lipinski definition) is 2. The topological polar surface area (TPSA) is 65.1 Å². The number of carbonyl (C=O) groups excluding carboxylic acids is 1. The number of carbonyl (C=O) groups is 1. The van der Waals surface area contributed by atoms with Gasteiger partial charge in [-0.3, -0.25) is 4.79 Å². The standard InChI is InChI=1S/C19H28N2O2/c1-13(2)8-15(6-7-22)11-21-19(23)10-16-12-20-18-9-14(3)4-5-17(16)18/h4-5,9,12-13,15,20,22H,6-8,10-11H2,1-3H3,(H,21,23). The number of aromatic nitrogens is 1. The lowest BCUT2D eigenvalue weighted by atomic mass is 9.94. The molecule has 1 amide bonds. The summed E-state index contributed by atoms with van der Waals surface area (Å²) in [4.78, 5) is 15.5. The highest BCUT2D eigenvalue weighted by molar-refractivity contribution is 5.89. The summed E-state index contributed by atoms with van der Waals surface area (Å²) in [5, 5.41) is 13.3. The summed E-state index contributed by atoms with van der Waals surface area (Å²) in [6, 6.07) is 6.23. The molecule has 0 aliphatic rings. The molecule has 0 bridgehead atoms. The van der Waals surface area contributed by atoms with Gasteiger partial charge in [-0.1, -0.05) is 26.0 Å². The van der Waals surface area contributed by atoms with E-state index in [1.807, 2.05) is 6.20 Å². The van der Waals surface area contributed by atoms with Crippen molar-refractivity contribution >= 4 is 16.8 Å². The summed E-state index contributed by atoms with van der Waals surface area (Å²) >= 11 is 0. The molecule has 126 valence electrons. The number of rotatable bonds is 8. The smallest absolute Gasteiger partial charge is 0.224 e. The van der Waals surface area contributed by atoms with Crippen molar-refractivity contribution in [3.05, 3.63) is 35.5 Å². The normalized spacial score (nSPS) is 12.7. The van der Waals surface area contributed by atoms with E-state index in [4.69, 9.17) is 5.11 Å². The first-order chi connectivity index (χ1) is 11.0. The van der Waals surface area contributed by atoms with E-state index in [9.17, 15) is 4.79 Å². The van der Waals surface area contributed by atoms with Gasteiger partial charge in [-0.15, -0.1) is 0 Å². The van der Waals surface area contributed by atoms with Gasteiger partial charge in [-0.25, -0.2) is 0 Å². The number of amides is 1. The van der Waals surface area contributed by atoms with Gasteiger partial charge in [0.05, 0.1) is 6.42 Å². The molecular weight excluding hydrogens is 288 g/mol. The molecule has 23 heavy (non-hydrogen) atoms. The summed E-state index contributed by atoms with van der Waals surface area (Å²) in [7, 11) is 0. The molecule has 0 saturated heterocycles. The number of hydrogen-bond donors (Lipinski definition) is 3. The number of nitrogens with one attached hydrogen (secondary N) is 2. The summed E-state index contributed by atoms with van der Waals surface area (Å²) < 4.78 is 0. The monoisotopic (exact) mass is 316 g/mol. The van der Waals surface area contributed by atoms with E-state index in [2.05, 4.69) is 49.3 Å². The first-order valence-electron chi connectivity index (χ1n) is 8.43. The van der Waals surface area contributed by atoms with Crippen LogP contribution in [0.25, 0.3) is 10.9 Å². The van der Waals surface area contributed by atoms with E-state index < -0.39 is 0 Å². The van der Waals surface area contributed by atoms with Crippen LogP contribution in [-0.2, 0) is 11.2 Å². The van der Waals surface area contributed by atoms with Crippen molar-refractivity contribution in [2.45, 2.75) is 40.0 Å². The zero-order valence-corrected chi connectivity index (χ0v) is 14.4. The number of aliphatic hydroxyl groups is 1. The van der Waals surface area contributed by atoms with E-state index in [1.165, 1.54) is 5.56 Å². The number of benzene rings is 1. The minimum absolute atomic E-state index is 0.0400. The largest absolute Gasteiger partial charge is 0.396 e. The van der Waals surface area contributed by atoms with Crippen molar-refractivity contribution in [1.82, 2.24) is 10.3 Å². The highest BCUT2D eigenvalue weighted by Gasteiger charge is 2.13. The average molecular weight is 316 g/mol. The molecule has 0 fully saturated rings. The summed E-state index contributed by atoms with van der Waals surface area (Å²) in [5.41, 5.74) is 3.31. The molecule has 3 N–H and O–H groups in total. The third-order valence-corrected chi connectivity index (χ3v) is 4.20. The van der Waals surface area contributed by atoms with Crippen LogP contribution in [-0.4, -0.2) is 29.1 Å². The van der Waals surface area contributed by atoms with E-state index >= 15 is 0 Å². The van der Waals surface area contributed by atoms with Gasteiger partial charge in [0.25, 0.3) is 0 Å². The Morgan fingerprint density at radius 1 is 1.35 bits per heavy atom. The maximum Gasteiger partial charge on any atom is 0.224 e. The predicted octanol–water partition coefficient (Wildman–Crippen LogP) is 3.18. The number of aryl methyl sites for hydroxylation is 1. The van der Waals surface area contributed by atoms with Crippen LogP contribution in [0.1, 0.15) is 37.8 Å². The Balaban J connectivity index is 1.92. The molecule has 0 radical (unpaired) electrons. The van der Waals surface area contributed by atoms with Crippen LogP contribution in [0.3, 0.4) is 0 Å². The van der Waals surface area contributed by atoms with Crippen LogP contribution in [0.4, 0.5) is 0 Å². The Hall–Kier alpha value is -1.81. The van der Waals surface area contributed by atoms with Gasteiger partial charge in [0, 0.05) is 30.3 Å². The lowest BCUT2D eigenvalue weighted by molar-refractivity contribution is -0.120. The van der Waals surface area contributed by atoms with Crippen LogP contribution in [0.2, 0.25) is 0 Å². The quantitative estimate of drug-likeness (QED) is 0.700. The van der Waals surface area contributed by atoms with Crippen molar-refractivity contribution in [2.75, 3.05) is 13.2 Å². The van der Waals surface area contributed by atoms with Gasteiger partial charge >= 0.3 is 0 Å². The molecular formula is C19H28N2O2. The Morgan fingerprint density at radius 2 is 2.13 bits per heavy atom. The maximum atomic E-state index is 12.2. The number of H-pyrrole nitrogens is 1. The second-order valence-electron chi connectivity index (χ2n) is 6.85. The fourth-order valence-corrected chi connectivity index (χ4v) is 3.09. The van der Waals surface area contributed by atoms with Crippen LogP contribution < -0.4 is 5.32 Å². The van der Waals surface area contributed by atoms with Crippen LogP contribution >= 0.6 is 0 Å². The van der Waals surface area contributed by atoms with Crippen molar-refractivity contribution < 1.29 is 9.90 Å². The molecule has 0 aliphatic heterocycles. The first kappa shape index (κ1) is 17.5. The second kappa shape index (κ2) is 8.16. The number of aliphatic hydroxyl groups excluding tert-OH is 1. The molecule has 2 aromatic rings. The predicted molar refractivity (Wildman–Crippen MR) is 94.4 cm³/mol. The number of fused-ring (bicyclic) bond motifs is 1. The fourth-order valence-electron chi connectivity index (χ4n) is 3.09. The minimum atomic E-state index is 0.0400. The molecule has 1 aromatic carbocycles. The van der Waals surface area contributed by atoms with Gasteiger partial charge < -0.3 is 15.4 Å². The van der Waals surface area contributed by atoms with Crippen LogP contribution in [0, 0.1) is 18.8 Å². The molecule has 4 heteroatoms. The lowest BCUT2D eigenvalue weighted by Gasteiger charge is -2.18. The zero-order valence-electron chi connectivity index (χ0n) is 14.4. The third-order valence-electron chi connectivity index (χ3n) is 4.20. The molecule has 0 aliphatic carbocycles. The second-order valence-corrected chi connectivity index (χ2v) is 6.85. The molecule has 0 spiro atoms.